The monoisotopic (exact) mass is 435 g/mol. The van der Waals surface area contributed by atoms with E-state index in [2.05, 4.69) is 15.3 Å². The first-order chi connectivity index (χ1) is 15.5. The van der Waals surface area contributed by atoms with Gasteiger partial charge in [-0.15, -0.1) is 0 Å². The fourth-order valence-electron chi connectivity index (χ4n) is 3.69. The van der Waals surface area contributed by atoms with E-state index < -0.39 is 0 Å². The van der Waals surface area contributed by atoms with Crippen molar-refractivity contribution in [3.63, 3.8) is 0 Å². The Labute approximate surface area is 186 Å². The summed E-state index contributed by atoms with van der Waals surface area (Å²) in [5, 5.41) is 7.33. The van der Waals surface area contributed by atoms with E-state index in [-0.39, 0.29) is 17.6 Å². The topological polar surface area (TPSA) is 70.5 Å². The number of para-hydroxylation sites is 1. The van der Waals surface area contributed by atoms with Gasteiger partial charge in [-0.2, -0.15) is 5.10 Å². The van der Waals surface area contributed by atoms with Crippen LogP contribution in [0.25, 0.3) is 5.69 Å². The number of benzene rings is 2. The Hall–Kier alpha value is -3.52. The molecule has 0 atom stereocenters. The minimum absolute atomic E-state index is 0.143. The Balaban J connectivity index is 1.45. The van der Waals surface area contributed by atoms with Crippen LogP contribution < -0.4 is 5.32 Å². The highest BCUT2D eigenvalue weighted by Crippen LogP contribution is 2.20. The first-order valence-corrected chi connectivity index (χ1v) is 10.7. The van der Waals surface area contributed by atoms with Crippen molar-refractivity contribution < 1.29 is 14.0 Å². The largest absolute Gasteiger partial charge is 0.335 e. The highest BCUT2D eigenvalue weighted by Gasteiger charge is 2.25. The van der Waals surface area contributed by atoms with Crippen LogP contribution in [0.5, 0.6) is 0 Å². The molecule has 1 fully saturated rings. The van der Waals surface area contributed by atoms with E-state index in [1.165, 1.54) is 12.1 Å². The number of hydrogen-bond acceptors (Lipinski definition) is 4. The Morgan fingerprint density at radius 2 is 1.69 bits per heavy atom. The summed E-state index contributed by atoms with van der Waals surface area (Å²) in [6.07, 6.45) is 0.333. The van der Waals surface area contributed by atoms with Gasteiger partial charge in [0.25, 0.3) is 5.91 Å². The number of hydrogen-bond donors (Lipinski definition) is 1. The Morgan fingerprint density at radius 3 is 2.34 bits per heavy atom. The van der Waals surface area contributed by atoms with Crippen LogP contribution in [0.1, 0.15) is 29.4 Å². The van der Waals surface area contributed by atoms with Gasteiger partial charge in [0.15, 0.2) is 5.69 Å². The third kappa shape index (κ3) is 5.03. The Kier molecular flexibility index (Phi) is 6.61. The molecule has 1 aliphatic rings. The lowest BCUT2D eigenvalue weighted by atomic mass is 10.2. The van der Waals surface area contributed by atoms with Gasteiger partial charge in [-0.05, 0) is 29.8 Å². The van der Waals surface area contributed by atoms with Gasteiger partial charge in [-0.3, -0.25) is 14.5 Å². The second-order valence-electron chi connectivity index (χ2n) is 7.76. The molecule has 2 aromatic carbocycles. The van der Waals surface area contributed by atoms with Crippen molar-refractivity contribution in [3.8, 4) is 5.69 Å². The standard InChI is InChI=1S/C24H26FN5O2/c1-2-23(31)26-22-16-21(27-30(22)20-6-4-3-5-7-20)24(32)29-14-12-28(13-15-29)17-18-8-10-19(25)11-9-18/h3-11,16H,2,12-15,17H2,1H3,(H,26,31). The van der Waals surface area contributed by atoms with Crippen LogP contribution >= 0.6 is 0 Å². The fraction of sp³-hybridized carbons (Fsp3) is 0.292. The molecule has 0 radical (unpaired) electrons. The minimum atomic E-state index is -0.242. The zero-order chi connectivity index (χ0) is 22.5. The molecule has 0 bridgehead atoms. The van der Waals surface area contributed by atoms with Gasteiger partial charge in [0.05, 0.1) is 5.69 Å². The number of anilines is 1. The molecule has 1 aliphatic heterocycles. The molecule has 1 N–H and O–H groups in total. The molecule has 2 heterocycles. The molecule has 3 aromatic rings. The normalized spacial score (nSPS) is 14.4. The summed E-state index contributed by atoms with van der Waals surface area (Å²) in [6, 6.07) is 17.5. The summed E-state index contributed by atoms with van der Waals surface area (Å²) in [5.41, 5.74) is 2.11. The summed E-state index contributed by atoms with van der Waals surface area (Å²) in [7, 11) is 0. The number of carbonyl (C=O) groups excluding carboxylic acids is 2. The van der Waals surface area contributed by atoms with Crippen molar-refractivity contribution in [1.82, 2.24) is 19.6 Å². The predicted molar refractivity (Wildman–Crippen MR) is 120 cm³/mol. The molecule has 32 heavy (non-hydrogen) atoms. The molecule has 2 amide bonds. The van der Waals surface area contributed by atoms with E-state index in [4.69, 9.17) is 0 Å². The van der Waals surface area contributed by atoms with Gasteiger partial charge in [0, 0.05) is 45.2 Å². The van der Waals surface area contributed by atoms with Crippen LogP contribution in [0.2, 0.25) is 0 Å². The number of nitrogens with one attached hydrogen (secondary N) is 1. The quantitative estimate of drug-likeness (QED) is 0.645. The van der Waals surface area contributed by atoms with Gasteiger partial charge >= 0.3 is 0 Å². The molecule has 1 aromatic heterocycles. The molecule has 7 nitrogen and oxygen atoms in total. The van der Waals surface area contributed by atoms with Crippen molar-refractivity contribution in [2.24, 2.45) is 0 Å². The molecule has 1 saturated heterocycles. The smallest absolute Gasteiger partial charge is 0.274 e. The van der Waals surface area contributed by atoms with Crippen LogP contribution in [0.4, 0.5) is 10.2 Å². The molecular weight excluding hydrogens is 409 g/mol. The Morgan fingerprint density at radius 1 is 1.00 bits per heavy atom. The van der Waals surface area contributed by atoms with Gasteiger partial charge < -0.3 is 10.2 Å². The third-order valence-corrected chi connectivity index (χ3v) is 5.50. The number of aromatic nitrogens is 2. The van der Waals surface area contributed by atoms with Crippen LogP contribution in [-0.2, 0) is 11.3 Å². The molecular formula is C24H26FN5O2. The zero-order valence-electron chi connectivity index (χ0n) is 18.0. The molecule has 0 spiro atoms. The number of halogens is 1. The Bertz CT molecular complexity index is 1070. The predicted octanol–water partition coefficient (Wildman–Crippen LogP) is 3.32. The van der Waals surface area contributed by atoms with Crippen LogP contribution in [0.15, 0.2) is 60.7 Å². The van der Waals surface area contributed by atoms with E-state index >= 15 is 0 Å². The van der Waals surface area contributed by atoms with Gasteiger partial charge in [0.2, 0.25) is 5.91 Å². The van der Waals surface area contributed by atoms with Gasteiger partial charge in [0.1, 0.15) is 11.6 Å². The third-order valence-electron chi connectivity index (χ3n) is 5.50. The minimum Gasteiger partial charge on any atom is -0.335 e. The fourth-order valence-corrected chi connectivity index (χ4v) is 3.69. The highest BCUT2D eigenvalue weighted by atomic mass is 19.1. The average Bonchev–Trinajstić information content (AvgIpc) is 3.24. The lowest BCUT2D eigenvalue weighted by molar-refractivity contribution is -0.115. The molecule has 0 aliphatic carbocycles. The average molecular weight is 436 g/mol. The summed E-state index contributed by atoms with van der Waals surface area (Å²) >= 11 is 0. The second kappa shape index (κ2) is 9.74. The van der Waals surface area contributed by atoms with Gasteiger partial charge in [-0.25, -0.2) is 9.07 Å². The maximum atomic E-state index is 13.1. The molecule has 0 saturated carbocycles. The SMILES string of the molecule is CCC(=O)Nc1cc(C(=O)N2CCN(Cc3ccc(F)cc3)CC2)nn1-c1ccccc1. The van der Waals surface area contributed by atoms with Crippen molar-refractivity contribution >= 4 is 17.6 Å². The molecule has 8 heteroatoms. The number of nitrogens with zero attached hydrogens (tertiary/aromatic N) is 4. The zero-order valence-corrected chi connectivity index (χ0v) is 18.0. The maximum absolute atomic E-state index is 13.1. The van der Waals surface area contributed by atoms with E-state index in [0.29, 0.717) is 31.0 Å². The van der Waals surface area contributed by atoms with E-state index in [9.17, 15) is 14.0 Å². The number of piperazine rings is 1. The lowest BCUT2D eigenvalue weighted by Gasteiger charge is -2.34. The highest BCUT2D eigenvalue weighted by molar-refractivity contribution is 5.95. The molecule has 4 rings (SSSR count). The summed E-state index contributed by atoms with van der Waals surface area (Å²) in [5.74, 6) is -0.0708. The van der Waals surface area contributed by atoms with Crippen molar-refractivity contribution in [2.75, 3.05) is 31.5 Å². The van der Waals surface area contributed by atoms with E-state index in [1.807, 2.05) is 30.3 Å². The molecule has 166 valence electrons. The summed E-state index contributed by atoms with van der Waals surface area (Å²) in [6.45, 7) is 5.10. The van der Waals surface area contributed by atoms with Crippen molar-refractivity contribution in [3.05, 3.63) is 77.7 Å². The number of carbonyl (C=O) groups is 2. The van der Waals surface area contributed by atoms with E-state index in [0.717, 1.165) is 30.9 Å². The summed E-state index contributed by atoms with van der Waals surface area (Å²) < 4.78 is 14.7. The van der Waals surface area contributed by atoms with Crippen molar-refractivity contribution in [2.45, 2.75) is 19.9 Å². The first-order valence-electron chi connectivity index (χ1n) is 10.7. The molecule has 0 unspecified atom stereocenters. The van der Waals surface area contributed by atoms with Gasteiger partial charge in [-0.1, -0.05) is 37.3 Å². The lowest BCUT2D eigenvalue weighted by Crippen LogP contribution is -2.48. The number of rotatable bonds is 6. The van der Waals surface area contributed by atoms with Crippen LogP contribution in [-0.4, -0.2) is 57.6 Å². The number of amides is 2. The maximum Gasteiger partial charge on any atom is 0.274 e. The van der Waals surface area contributed by atoms with Crippen molar-refractivity contribution in [1.29, 1.82) is 0 Å². The van der Waals surface area contributed by atoms with Crippen LogP contribution in [0, 0.1) is 5.82 Å². The second-order valence-corrected chi connectivity index (χ2v) is 7.76. The van der Waals surface area contributed by atoms with Crippen LogP contribution in [0.3, 0.4) is 0 Å². The van der Waals surface area contributed by atoms with E-state index in [1.54, 1.807) is 34.7 Å². The first kappa shape index (κ1) is 21.7. The summed E-state index contributed by atoms with van der Waals surface area (Å²) in [4.78, 5) is 29.1.